The zero-order valence-corrected chi connectivity index (χ0v) is 12.6. The molecular weight excluding hydrogens is 248 g/mol. The molecule has 1 aromatic rings. The van der Waals surface area contributed by atoms with Crippen LogP contribution in [0, 0.1) is 0 Å². The minimum atomic E-state index is -0.0456. The fourth-order valence-corrected chi connectivity index (χ4v) is 3.55. The molecule has 0 bridgehead atoms. The van der Waals surface area contributed by atoms with E-state index in [1.54, 1.807) is 0 Å². The molecule has 0 aromatic heterocycles. The van der Waals surface area contributed by atoms with E-state index in [0.29, 0.717) is 12.1 Å². The van der Waals surface area contributed by atoms with Crippen LogP contribution < -0.4 is 10.2 Å². The molecule has 3 rings (SSSR count). The summed E-state index contributed by atoms with van der Waals surface area (Å²) in [6, 6.07) is 7.12. The number of hydrogen-bond donors (Lipinski definition) is 1. The van der Waals surface area contributed by atoms with Crippen molar-refractivity contribution in [1.29, 1.82) is 0 Å². The van der Waals surface area contributed by atoms with E-state index in [4.69, 9.17) is 0 Å². The van der Waals surface area contributed by atoms with Crippen molar-refractivity contribution in [3.63, 3.8) is 0 Å². The van der Waals surface area contributed by atoms with E-state index in [2.05, 4.69) is 49.2 Å². The van der Waals surface area contributed by atoms with Crippen molar-refractivity contribution in [2.75, 3.05) is 4.90 Å². The Morgan fingerprint density at radius 2 is 1.85 bits per heavy atom. The van der Waals surface area contributed by atoms with Crippen molar-refractivity contribution < 1.29 is 4.79 Å². The third-order valence-electron chi connectivity index (χ3n) is 4.49. The second-order valence-corrected chi connectivity index (χ2v) is 6.43. The highest BCUT2D eigenvalue weighted by atomic mass is 16.2. The zero-order valence-electron chi connectivity index (χ0n) is 12.6. The topological polar surface area (TPSA) is 32.3 Å². The van der Waals surface area contributed by atoms with Crippen molar-refractivity contribution in [2.24, 2.45) is 0 Å². The lowest BCUT2D eigenvalue weighted by molar-refractivity contribution is -0.121. The summed E-state index contributed by atoms with van der Waals surface area (Å²) in [6.45, 7) is 6.39. The van der Waals surface area contributed by atoms with Crippen LogP contribution in [0.2, 0.25) is 0 Å². The number of para-hydroxylation sites is 1. The summed E-state index contributed by atoms with van der Waals surface area (Å²) in [7, 11) is 0. The number of anilines is 1. The van der Waals surface area contributed by atoms with Crippen LogP contribution in [0.5, 0.6) is 0 Å². The fraction of sp³-hybridized carbons (Fsp3) is 0.588. The molecule has 2 aliphatic heterocycles. The summed E-state index contributed by atoms with van der Waals surface area (Å²) >= 11 is 0. The lowest BCUT2D eigenvalue weighted by Crippen LogP contribution is -2.52. The predicted molar refractivity (Wildman–Crippen MR) is 82.1 cm³/mol. The van der Waals surface area contributed by atoms with Gasteiger partial charge in [-0.3, -0.25) is 4.79 Å². The average Bonchev–Trinajstić information content (AvgIpc) is 2.54. The molecule has 108 valence electrons. The molecule has 1 amide bonds. The molecule has 0 spiro atoms. The second kappa shape index (κ2) is 5.21. The van der Waals surface area contributed by atoms with Crippen molar-refractivity contribution >= 4 is 11.6 Å². The van der Waals surface area contributed by atoms with Gasteiger partial charge in [0.2, 0.25) is 5.91 Å². The van der Waals surface area contributed by atoms with Crippen molar-refractivity contribution in [1.82, 2.24) is 5.32 Å². The minimum absolute atomic E-state index is 0.0456. The lowest BCUT2D eigenvalue weighted by atomic mass is 9.93. The molecular formula is C17H24N2O. The Hall–Kier alpha value is -1.35. The van der Waals surface area contributed by atoms with E-state index in [1.165, 1.54) is 16.8 Å². The van der Waals surface area contributed by atoms with Gasteiger partial charge in [-0.05, 0) is 43.7 Å². The number of nitrogens with one attached hydrogen (secondary N) is 1. The number of amides is 1. The third-order valence-corrected chi connectivity index (χ3v) is 4.49. The van der Waals surface area contributed by atoms with E-state index in [0.717, 1.165) is 25.7 Å². The van der Waals surface area contributed by atoms with Gasteiger partial charge in [-0.2, -0.15) is 0 Å². The number of benzene rings is 1. The second-order valence-electron chi connectivity index (χ2n) is 6.43. The average molecular weight is 272 g/mol. The summed E-state index contributed by atoms with van der Waals surface area (Å²) in [5.74, 6) is 0.261. The molecule has 0 aliphatic carbocycles. The first-order chi connectivity index (χ1) is 9.58. The van der Waals surface area contributed by atoms with Gasteiger partial charge in [-0.1, -0.05) is 32.0 Å². The monoisotopic (exact) mass is 272 g/mol. The Kier molecular flexibility index (Phi) is 3.55. The maximum absolute atomic E-state index is 12.9. The normalized spacial score (nSPS) is 25.6. The van der Waals surface area contributed by atoms with Crippen molar-refractivity contribution in [3.05, 3.63) is 29.3 Å². The standard InChI is InChI=1S/C17H24N2O/c1-11(2)18-15-10-9-14-6-4-5-13-8-7-12(3)19(16(13)14)17(15)20/h4-6,11-12,15,18H,7-10H2,1-3H3/t12-,15+/m1/s1. The van der Waals surface area contributed by atoms with Gasteiger partial charge in [0.05, 0.1) is 11.7 Å². The van der Waals surface area contributed by atoms with Gasteiger partial charge >= 0.3 is 0 Å². The molecule has 0 unspecified atom stereocenters. The van der Waals surface area contributed by atoms with Crippen LogP contribution in [0.3, 0.4) is 0 Å². The molecule has 1 aromatic carbocycles. The quantitative estimate of drug-likeness (QED) is 0.897. The fourth-order valence-electron chi connectivity index (χ4n) is 3.55. The Morgan fingerprint density at radius 3 is 2.50 bits per heavy atom. The highest BCUT2D eigenvalue weighted by Gasteiger charge is 2.36. The highest BCUT2D eigenvalue weighted by molar-refractivity contribution is 6.00. The first-order valence-corrected chi connectivity index (χ1v) is 7.78. The van der Waals surface area contributed by atoms with Crippen LogP contribution in [0.1, 0.15) is 44.7 Å². The predicted octanol–water partition coefficient (Wildman–Crippen LogP) is 2.67. The minimum Gasteiger partial charge on any atom is -0.308 e. The van der Waals surface area contributed by atoms with E-state index in [1.807, 2.05) is 0 Å². The number of aryl methyl sites for hydroxylation is 2. The van der Waals surface area contributed by atoms with E-state index >= 15 is 0 Å². The summed E-state index contributed by atoms with van der Waals surface area (Å²) in [5, 5.41) is 3.44. The summed E-state index contributed by atoms with van der Waals surface area (Å²) in [6.07, 6.45) is 4.05. The number of hydrogen-bond acceptors (Lipinski definition) is 2. The first kappa shape index (κ1) is 13.6. The lowest BCUT2D eigenvalue weighted by Gasteiger charge is -2.37. The molecule has 0 fully saturated rings. The molecule has 3 nitrogen and oxygen atoms in total. The largest absolute Gasteiger partial charge is 0.308 e. The van der Waals surface area contributed by atoms with Crippen LogP contribution in [0.15, 0.2) is 18.2 Å². The maximum Gasteiger partial charge on any atom is 0.244 e. The van der Waals surface area contributed by atoms with Gasteiger partial charge < -0.3 is 10.2 Å². The van der Waals surface area contributed by atoms with Gasteiger partial charge in [0.25, 0.3) is 0 Å². The van der Waals surface area contributed by atoms with E-state index in [9.17, 15) is 4.79 Å². The molecule has 20 heavy (non-hydrogen) atoms. The van der Waals surface area contributed by atoms with E-state index in [-0.39, 0.29) is 11.9 Å². The SMILES string of the molecule is CC(C)N[C@H]1CCc2cccc3c2N(C1=O)[C@H](C)CC3. The molecule has 3 heteroatoms. The van der Waals surface area contributed by atoms with E-state index < -0.39 is 0 Å². The van der Waals surface area contributed by atoms with Crippen LogP contribution in [0.25, 0.3) is 0 Å². The summed E-state index contributed by atoms with van der Waals surface area (Å²) in [5.41, 5.74) is 3.90. The highest BCUT2D eigenvalue weighted by Crippen LogP contribution is 2.37. The molecule has 0 radical (unpaired) electrons. The molecule has 2 heterocycles. The van der Waals surface area contributed by atoms with Crippen molar-refractivity contribution in [3.8, 4) is 0 Å². The Labute approximate surface area is 121 Å². The zero-order chi connectivity index (χ0) is 14.3. The number of rotatable bonds is 2. The molecule has 2 aliphatic rings. The Bertz CT molecular complexity index is 524. The van der Waals surface area contributed by atoms with Gasteiger partial charge in [-0.15, -0.1) is 0 Å². The maximum atomic E-state index is 12.9. The van der Waals surface area contributed by atoms with Gasteiger partial charge in [-0.25, -0.2) is 0 Å². The number of carbonyl (C=O) groups is 1. The molecule has 2 atom stereocenters. The van der Waals surface area contributed by atoms with Gasteiger partial charge in [0.1, 0.15) is 0 Å². The number of nitrogens with zero attached hydrogens (tertiary/aromatic N) is 1. The smallest absolute Gasteiger partial charge is 0.244 e. The first-order valence-electron chi connectivity index (χ1n) is 7.78. The molecule has 0 saturated heterocycles. The van der Waals surface area contributed by atoms with Gasteiger partial charge in [0, 0.05) is 12.1 Å². The van der Waals surface area contributed by atoms with Crippen LogP contribution in [-0.2, 0) is 17.6 Å². The summed E-state index contributed by atoms with van der Waals surface area (Å²) in [4.78, 5) is 15.0. The molecule has 1 N–H and O–H groups in total. The third kappa shape index (κ3) is 2.24. The van der Waals surface area contributed by atoms with Crippen LogP contribution in [-0.4, -0.2) is 24.0 Å². The van der Waals surface area contributed by atoms with Crippen molar-refractivity contribution in [2.45, 2.75) is 64.6 Å². The summed E-state index contributed by atoms with van der Waals surface area (Å²) < 4.78 is 0. The Balaban J connectivity index is 2.03. The number of carbonyl (C=O) groups excluding carboxylic acids is 1. The van der Waals surface area contributed by atoms with Gasteiger partial charge in [0.15, 0.2) is 0 Å². The van der Waals surface area contributed by atoms with Crippen LogP contribution >= 0.6 is 0 Å². The van der Waals surface area contributed by atoms with Crippen LogP contribution in [0.4, 0.5) is 5.69 Å². The Morgan fingerprint density at radius 1 is 1.20 bits per heavy atom. The molecule has 0 saturated carbocycles.